The summed E-state index contributed by atoms with van der Waals surface area (Å²) in [6, 6.07) is 9.45. The maximum absolute atomic E-state index is 9.83. The molecule has 0 radical (unpaired) electrons. The summed E-state index contributed by atoms with van der Waals surface area (Å²) in [7, 11) is 0. The van der Waals surface area contributed by atoms with E-state index in [9.17, 15) is 5.11 Å². The highest BCUT2D eigenvalue weighted by molar-refractivity contribution is 7.18. The van der Waals surface area contributed by atoms with Crippen LogP contribution in [0.1, 0.15) is 0 Å². The topological polar surface area (TPSA) is 20.2 Å². The maximum Gasteiger partial charge on any atom is 0.124 e. The third-order valence-corrected chi connectivity index (χ3v) is 3.80. The Morgan fingerprint density at radius 1 is 1.07 bits per heavy atom. The first-order valence-electron chi connectivity index (χ1n) is 4.55. The van der Waals surface area contributed by atoms with E-state index in [-0.39, 0.29) is 0 Å². The van der Waals surface area contributed by atoms with Gasteiger partial charge in [0.2, 0.25) is 0 Å². The minimum absolute atomic E-state index is 0.298. The van der Waals surface area contributed by atoms with Gasteiger partial charge in [-0.1, -0.05) is 23.7 Å². The average Bonchev–Trinajstić information content (AvgIpc) is 2.69. The number of thiophene rings is 1. The van der Waals surface area contributed by atoms with Gasteiger partial charge in [0, 0.05) is 25.9 Å². The summed E-state index contributed by atoms with van der Waals surface area (Å²) >= 11 is 7.71. The highest BCUT2D eigenvalue weighted by Crippen LogP contribution is 2.38. The molecule has 1 N–H and O–H groups in total. The molecule has 2 aromatic carbocycles. The second kappa shape index (κ2) is 3.12. The van der Waals surface area contributed by atoms with Crippen molar-refractivity contribution >= 4 is 43.8 Å². The second-order valence-electron chi connectivity index (χ2n) is 3.39. The third-order valence-electron chi connectivity index (χ3n) is 2.52. The van der Waals surface area contributed by atoms with E-state index in [2.05, 4.69) is 0 Å². The third kappa shape index (κ3) is 1.22. The van der Waals surface area contributed by atoms with Crippen molar-refractivity contribution in [3.63, 3.8) is 0 Å². The molecule has 15 heavy (non-hydrogen) atoms. The summed E-state index contributed by atoms with van der Waals surface area (Å²) in [5, 5.41) is 15.4. The number of aromatic hydroxyl groups is 1. The lowest BCUT2D eigenvalue weighted by atomic mass is 10.1. The molecule has 3 aromatic rings. The predicted octanol–water partition coefficient (Wildman–Crippen LogP) is 4.41. The van der Waals surface area contributed by atoms with Crippen LogP contribution in [0.25, 0.3) is 20.9 Å². The predicted molar refractivity (Wildman–Crippen MR) is 66.0 cm³/mol. The maximum atomic E-state index is 9.83. The van der Waals surface area contributed by atoms with Gasteiger partial charge >= 0.3 is 0 Å². The normalized spacial score (nSPS) is 11.3. The van der Waals surface area contributed by atoms with Crippen LogP contribution in [0.15, 0.2) is 35.7 Å². The van der Waals surface area contributed by atoms with Crippen LogP contribution in [0.3, 0.4) is 0 Å². The van der Waals surface area contributed by atoms with Crippen LogP contribution in [-0.2, 0) is 0 Å². The van der Waals surface area contributed by atoms with Gasteiger partial charge in [0.05, 0.1) is 0 Å². The van der Waals surface area contributed by atoms with Crippen molar-refractivity contribution in [1.82, 2.24) is 0 Å². The van der Waals surface area contributed by atoms with Crippen molar-refractivity contribution in [3.8, 4) is 5.75 Å². The monoisotopic (exact) mass is 234 g/mol. The molecule has 1 aromatic heterocycles. The molecule has 3 heteroatoms. The lowest BCUT2D eigenvalue weighted by Gasteiger charge is -2.03. The first-order chi connectivity index (χ1) is 7.27. The molecule has 0 unspecified atom stereocenters. The summed E-state index contributed by atoms with van der Waals surface area (Å²) in [6.07, 6.45) is 0. The van der Waals surface area contributed by atoms with E-state index in [1.807, 2.05) is 29.6 Å². The van der Waals surface area contributed by atoms with Crippen molar-refractivity contribution in [1.29, 1.82) is 0 Å². The molecule has 0 spiro atoms. The van der Waals surface area contributed by atoms with Gasteiger partial charge in [-0.15, -0.1) is 11.3 Å². The first kappa shape index (κ1) is 9.01. The fourth-order valence-corrected chi connectivity index (χ4v) is 2.99. The van der Waals surface area contributed by atoms with Gasteiger partial charge < -0.3 is 5.11 Å². The zero-order valence-corrected chi connectivity index (χ0v) is 9.27. The van der Waals surface area contributed by atoms with Crippen LogP contribution in [0.2, 0.25) is 5.02 Å². The second-order valence-corrected chi connectivity index (χ2v) is 4.72. The van der Waals surface area contributed by atoms with Gasteiger partial charge in [-0.05, 0) is 23.6 Å². The molecule has 0 saturated heterocycles. The van der Waals surface area contributed by atoms with E-state index < -0.39 is 0 Å². The number of fused-ring (bicyclic) bond motifs is 3. The first-order valence-corrected chi connectivity index (χ1v) is 5.80. The Hall–Kier alpha value is -1.25. The van der Waals surface area contributed by atoms with Crippen molar-refractivity contribution in [2.75, 3.05) is 0 Å². The van der Waals surface area contributed by atoms with Gasteiger partial charge in [0.1, 0.15) is 5.75 Å². The summed E-state index contributed by atoms with van der Waals surface area (Å²) < 4.78 is 1.09. The van der Waals surface area contributed by atoms with Crippen LogP contribution in [0.5, 0.6) is 5.75 Å². The number of hydrogen-bond acceptors (Lipinski definition) is 2. The molecule has 0 amide bonds. The standard InChI is InChI=1S/C12H7ClOS/c13-10-3-1-2-7-9(10)6-11(14)8-4-5-15-12(7)8/h1-6,14H. The van der Waals surface area contributed by atoms with Gasteiger partial charge in [0.15, 0.2) is 0 Å². The summed E-state index contributed by atoms with van der Waals surface area (Å²) in [4.78, 5) is 0. The smallest absolute Gasteiger partial charge is 0.124 e. The van der Waals surface area contributed by atoms with Gasteiger partial charge in [-0.2, -0.15) is 0 Å². The largest absolute Gasteiger partial charge is 0.507 e. The Bertz CT molecular complexity index is 657. The van der Waals surface area contributed by atoms with Crippen molar-refractivity contribution < 1.29 is 5.11 Å². The van der Waals surface area contributed by atoms with Crippen molar-refractivity contribution in [3.05, 3.63) is 40.7 Å². The quantitative estimate of drug-likeness (QED) is 0.611. The summed E-state index contributed by atoms with van der Waals surface area (Å²) in [6.45, 7) is 0. The fraction of sp³-hybridized carbons (Fsp3) is 0. The Labute approximate surface area is 95.5 Å². The molecule has 0 saturated carbocycles. The minimum Gasteiger partial charge on any atom is -0.507 e. The number of hydrogen-bond donors (Lipinski definition) is 1. The molecular weight excluding hydrogens is 228 g/mol. The number of phenols is 1. The van der Waals surface area contributed by atoms with Gasteiger partial charge in [-0.25, -0.2) is 0 Å². The van der Waals surface area contributed by atoms with Crippen LogP contribution in [-0.4, -0.2) is 5.11 Å². The molecule has 3 rings (SSSR count). The minimum atomic E-state index is 0.298. The number of benzene rings is 2. The molecule has 0 atom stereocenters. The van der Waals surface area contributed by atoms with E-state index in [0.717, 1.165) is 20.9 Å². The lowest BCUT2D eigenvalue weighted by Crippen LogP contribution is -1.75. The Morgan fingerprint density at radius 2 is 1.93 bits per heavy atom. The van der Waals surface area contributed by atoms with Crippen LogP contribution < -0.4 is 0 Å². The zero-order chi connectivity index (χ0) is 10.4. The molecule has 1 nitrogen and oxygen atoms in total. The lowest BCUT2D eigenvalue weighted by molar-refractivity contribution is 0.482. The van der Waals surface area contributed by atoms with Crippen molar-refractivity contribution in [2.24, 2.45) is 0 Å². The highest BCUT2D eigenvalue weighted by Gasteiger charge is 2.08. The van der Waals surface area contributed by atoms with Crippen LogP contribution >= 0.6 is 22.9 Å². The van der Waals surface area contributed by atoms with Crippen LogP contribution in [0, 0.1) is 0 Å². The molecule has 0 aliphatic carbocycles. The molecular formula is C12H7ClOS. The fourth-order valence-electron chi connectivity index (χ4n) is 1.82. The van der Waals surface area contributed by atoms with Gasteiger partial charge in [-0.3, -0.25) is 0 Å². The number of halogens is 1. The molecule has 0 bridgehead atoms. The summed E-state index contributed by atoms with van der Waals surface area (Å²) in [5.74, 6) is 0.298. The average molecular weight is 235 g/mol. The van der Waals surface area contributed by atoms with Crippen LogP contribution in [0.4, 0.5) is 0 Å². The van der Waals surface area contributed by atoms with E-state index in [1.165, 1.54) is 0 Å². The molecule has 0 aliphatic heterocycles. The molecule has 74 valence electrons. The highest BCUT2D eigenvalue weighted by atomic mass is 35.5. The summed E-state index contributed by atoms with van der Waals surface area (Å²) in [5.41, 5.74) is 0. The molecule has 1 heterocycles. The van der Waals surface area contributed by atoms with E-state index >= 15 is 0 Å². The molecule has 0 fully saturated rings. The van der Waals surface area contributed by atoms with E-state index in [0.29, 0.717) is 10.8 Å². The van der Waals surface area contributed by atoms with E-state index in [4.69, 9.17) is 11.6 Å². The van der Waals surface area contributed by atoms with Gasteiger partial charge in [0.25, 0.3) is 0 Å². The Morgan fingerprint density at radius 3 is 2.80 bits per heavy atom. The van der Waals surface area contributed by atoms with E-state index in [1.54, 1.807) is 17.4 Å². The Balaban J connectivity index is 2.66. The zero-order valence-electron chi connectivity index (χ0n) is 7.70. The number of phenolic OH excluding ortho intramolecular Hbond substituents is 1. The Kier molecular flexibility index (Phi) is 1.87. The number of rotatable bonds is 0. The molecule has 0 aliphatic rings. The SMILES string of the molecule is Oc1cc2c(Cl)cccc2c2sccc12. The van der Waals surface area contributed by atoms with Crippen molar-refractivity contribution in [2.45, 2.75) is 0 Å².